The van der Waals surface area contributed by atoms with Crippen LogP contribution in [0.15, 0.2) is 40.9 Å². The van der Waals surface area contributed by atoms with Crippen LogP contribution in [0.25, 0.3) is 0 Å². The minimum absolute atomic E-state index is 0.153. The summed E-state index contributed by atoms with van der Waals surface area (Å²) in [5.41, 5.74) is 0. The van der Waals surface area contributed by atoms with E-state index in [-0.39, 0.29) is 5.76 Å². The Morgan fingerprint density at radius 1 is 1.35 bits per heavy atom. The van der Waals surface area contributed by atoms with Crippen molar-refractivity contribution in [3.63, 3.8) is 0 Å². The maximum Gasteiger partial charge on any atom is 0.373 e. The second kappa shape index (κ2) is 5.16. The minimum Gasteiger partial charge on any atom is -0.493 e. The predicted molar refractivity (Wildman–Crippen MR) is 59.1 cm³/mol. The summed E-state index contributed by atoms with van der Waals surface area (Å²) in [6, 6.07) is 9.35. The van der Waals surface area contributed by atoms with Crippen molar-refractivity contribution in [1.82, 2.24) is 4.98 Å². The number of benzene rings is 1. The molecule has 2 rings (SSSR count). The molecule has 0 spiro atoms. The van der Waals surface area contributed by atoms with E-state index in [2.05, 4.69) is 4.98 Å². The van der Waals surface area contributed by atoms with Gasteiger partial charge < -0.3 is 14.3 Å². The van der Waals surface area contributed by atoms with Crippen LogP contribution in [0, 0.1) is 0 Å². The molecule has 0 amide bonds. The van der Waals surface area contributed by atoms with E-state index >= 15 is 0 Å². The fourth-order valence-corrected chi connectivity index (χ4v) is 1.30. The summed E-state index contributed by atoms with van der Waals surface area (Å²) < 4.78 is 10.4. The van der Waals surface area contributed by atoms with Gasteiger partial charge in [0.2, 0.25) is 5.76 Å². The molecule has 1 N–H and O–H groups in total. The molecule has 1 heterocycles. The Bertz CT molecular complexity index is 492. The molecule has 0 aliphatic carbocycles. The lowest BCUT2D eigenvalue weighted by Crippen LogP contribution is -2.01. The number of ether oxygens (including phenoxy) is 1. The average Bonchev–Trinajstić information content (AvgIpc) is 2.79. The van der Waals surface area contributed by atoms with Crippen molar-refractivity contribution in [3.05, 3.63) is 48.2 Å². The molecule has 88 valence electrons. The van der Waals surface area contributed by atoms with Gasteiger partial charge in [-0.2, -0.15) is 0 Å². The molecule has 1 aromatic heterocycles. The molecule has 0 saturated carbocycles. The summed E-state index contributed by atoms with van der Waals surface area (Å²) in [5.74, 6) is -0.150. The maximum absolute atomic E-state index is 10.5. The molecule has 0 saturated heterocycles. The Morgan fingerprint density at radius 2 is 2.12 bits per heavy atom. The van der Waals surface area contributed by atoms with Gasteiger partial charge in [0.25, 0.3) is 0 Å². The highest BCUT2D eigenvalue weighted by atomic mass is 16.5. The van der Waals surface area contributed by atoms with Crippen molar-refractivity contribution < 1.29 is 19.1 Å². The Labute approximate surface area is 97.7 Å². The van der Waals surface area contributed by atoms with Gasteiger partial charge in [0.05, 0.1) is 19.2 Å². The van der Waals surface area contributed by atoms with Crippen molar-refractivity contribution in [2.75, 3.05) is 6.61 Å². The fourth-order valence-electron chi connectivity index (χ4n) is 1.30. The van der Waals surface area contributed by atoms with Crippen LogP contribution in [0.4, 0.5) is 0 Å². The van der Waals surface area contributed by atoms with Gasteiger partial charge in [-0.25, -0.2) is 9.78 Å². The smallest absolute Gasteiger partial charge is 0.373 e. The number of para-hydroxylation sites is 1. The summed E-state index contributed by atoms with van der Waals surface area (Å²) in [4.78, 5) is 14.4. The number of oxazole rings is 1. The molecule has 5 heteroatoms. The molecule has 5 nitrogen and oxygen atoms in total. The van der Waals surface area contributed by atoms with E-state index < -0.39 is 5.97 Å². The number of hydrogen-bond acceptors (Lipinski definition) is 4. The van der Waals surface area contributed by atoms with E-state index in [1.165, 1.54) is 6.20 Å². The lowest BCUT2D eigenvalue weighted by atomic mass is 10.3. The Balaban J connectivity index is 1.84. The summed E-state index contributed by atoms with van der Waals surface area (Å²) in [5, 5.41) is 8.64. The first-order chi connectivity index (χ1) is 8.25. The Morgan fingerprint density at radius 3 is 2.76 bits per heavy atom. The van der Waals surface area contributed by atoms with Crippen molar-refractivity contribution in [2.45, 2.75) is 6.42 Å². The van der Waals surface area contributed by atoms with Gasteiger partial charge in [0.15, 0.2) is 5.89 Å². The average molecular weight is 233 g/mol. The topological polar surface area (TPSA) is 72.6 Å². The summed E-state index contributed by atoms with van der Waals surface area (Å²) in [6.07, 6.45) is 1.63. The number of carboxylic acids is 1. The van der Waals surface area contributed by atoms with Gasteiger partial charge in [-0.1, -0.05) is 18.2 Å². The molecule has 17 heavy (non-hydrogen) atoms. The van der Waals surface area contributed by atoms with Gasteiger partial charge in [0.1, 0.15) is 5.75 Å². The van der Waals surface area contributed by atoms with Crippen molar-refractivity contribution in [2.24, 2.45) is 0 Å². The number of aromatic nitrogens is 1. The molecule has 0 bridgehead atoms. The van der Waals surface area contributed by atoms with Gasteiger partial charge in [0, 0.05) is 0 Å². The SMILES string of the molecule is O=C(O)c1cnc(CCOc2ccccc2)o1. The lowest BCUT2D eigenvalue weighted by molar-refractivity contribution is 0.0660. The van der Waals surface area contributed by atoms with E-state index in [1.807, 2.05) is 30.3 Å². The minimum atomic E-state index is -1.12. The summed E-state index contributed by atoms with van der Waals surface area (Å²) in [7, 11) is 0. The summed E-state index contributed by atoms with van der Waals surface area (Å²) in [6.45, 7) is 0.392. The molecule has 0 fully saturated rings. The first-order valence-electron chi connectivity index (χ1n) is 5.11. The van der Waals surface area contributed by atoms with Gasteiger partial charge in [-0.3, -0.25) is 0 Å². The van der Waals surface area contributed by atoms with E-state index in [1.54, 1.807) is 0 Å². The van der Waals surface area contributed by atoms with Crippen LogP contribution in [0.2, 0.25) is 0 Å². The van der Waals surface area contributed by atoms with E-state index in [0.717, 1.165) is 5.75 Å². The third-order valence-corrected chi connectivity index (χ3v) is 2.09. The molecule has 0 aliphatic rings. The highest BCUT2D eigenvalue weighted by molar-refractivity contribution is 5.83. The van der Waals surface area contributed by atoms with Gasteiger partial charge >= 0.3 is 5.97 Å². The zero-order valence-electron chi connectivity index (χ0n) is 9.00. The quantitative estimate of drug-likeness (QED) is 0.854. The Kier molecular flexibility index (Phi) is 3.40. The largest absolute Gasteiger partial charge is 0.493 e. The molecule has 1 aromatic carbocycles. The second-order valence-electron chi connectivity index (χ2n) is 3.33. The van der Waals surface area contributed by atoms with Crippen LogP contribution in [0.5, 0.6) is 5.75 Å². The third-order valence-electron chi connectivity index (χ3n) is 2.09. The fraction of sp³-hybridized carbons (Fsp3) is 0.167. The molecular formula is C12H11NO4. The second-order valence-corrected chi connectivity index (χ2v) is 3.33. The van der Waals surface area contributed by atoms with Crippen molar-refractivity contribution >= 4 is 5.97 Å². The molecule has 0 atom stereocenters. The number of carboxylic acid groups (broad SMARTS) is 1. The zero-order chi connectivity index (χ0) is 12.1. The predicted octanol–water partition coefficient (Wildman–Crippen LogP) is 1.99. The lowest BCUT2D eigenvalue weighted by Gasteiger charge is -2.03. The highest BCUT2D eigenvalue weighted by Gasteiger charge is 2.10. The van der Waals surface area contributed by atoms with Crippen LogP contribution in [-0.4, -0.2) is 22.7 Å². The number of carbonyl (C=O) groups is 1. The highest BCUT2D eigenvalue weighted by Crippen LogP contribution is 2.09. The van der Waals surface area contributed by atoms with Gasteiger partial charge in [-0.15, -0.1) is 0 Å². The standard InChI is InChI=1S/C12H11NO4/c14-12(15)10-8-13-11(17-10)6-7-16-9-4-2-1-3-5-9/h1-5,8H,6-7H2,(H,14,15). The molecule has 0 unspecified atom stereocenters. The number of rotatable bonds is 5. The molecule has 0 radical (unpaired) electrons. The van der Waals surface area contributed by atoms with Crippen LogP contribution < -0.4 is 4.74 Å². The van der Waals surface area contributed by atoms with Crippen LogP contribution in [-0.2, 0) is 6.42 Å². The normalized spacial score (nSPS) is 10.1. The monoisotopic (exact) mass is 233 g/mol. The first kappa shape index (κ1) is 11.2. The van der Waals surface area contributed by atoms with Crippen LogP contribution in [0.3, 0.4) is 0 Å². The van der Waals surface area contributed by atoms with E-state index in [9.17, 15) is 4.79 Å². The van der Waals surface area contributed by atoms with Gasteiger partial charge in [-0.05, 0) is 12.1 Å². The molecular weight excluding hydrogens is 222 g/mol. The Hall–Kier alpha value is -2.30. The van der Waals surface area contributed by atoms with E-state index in [0.29, 0.717) is 18.9 Å². The van der Waals surface area contributed by atoms with Crippen LogP contribution >= 0.6 is 0 Å². The first-order valence-corrected chi connectivity index (χ1v) is 5.11. The number of hydrogen-bond donors (Lipinski definition) is 1. The third kappa shape index (κ3) is 3.07. The number of aromatic carboxylic acids is 1. The van der Waals surface area contributed by atoms with Crippen LogP contribution in [0.1, 0.15) is 16.4 Å². The molecule has 2 aromatic rings. The summed E-state index contributed by atoms with van der Waals surface area (Å²) >= 11 is 0. The van der Waals surface area contributed by atoms with Crippen molar-refractivity contribution in [1.29, 1.82) is 0 Å². The molecule has 0 aliphatic heterocycles. The van der Waals surface area contributed by atoms with Crippen molar-refractivity contribution in [3.8, 4) is 5.75 Å². The maximum atomic E-state index is 10.5. The van der Waals surface area contributed by atoms with E-state index in [4.69, 9.17) is 14.3 Å². The zero-order valence-corrected chi connectivity index (χ0v) is 9.00. The number of nitrogens with zero attached hydrogens (tertiary/aromatic N) is 1.